The van der Waals surface area contributed by atoms with Crippen molar-refractivity contribution in [1.82, 2.24) is 25.2 Å². The molecule has 4 rings (SSSR count). The summed E-state index contributed by atoms with van der Waals surface area (Å²) >= 11 is 0. The molecule has 3 aromatic rings. The predicted molar refractivity (Wildman–Crippen MR) is 139 cm³/mol. The van der Waals surface area contributed by atoms with Crippen LogP contribution in [0.5, 0.6) is 0 Å². The van der Waals surface area contributed by atoms with Crippen LogP contribution in [0.1, 0.15) is 64.1 Å². The molecule has 8 nitrogen and oxygen atoms in total. The zero-order valence-electron chi connectivity index (χ0n) is 21.7. The molecular formula is C28H37N5O3. The monoisotopic (exact) mass is 491 g/mol. The molecule has 0 unspecified atom stereocenters. The van der Waals surface area contributed by atoms with E-state index in [4.69, 9.17) is 4.74 Å². The molecule has 36 heavy (non-hydrogen) atoms. The molecule has 1 N–H and O–H groups in total. The van der Waals surface area contributed by atoms with Gasteiger partial charge in [-0.15, -0.1) is 5.10 Å². The van der Waals surface area contributed by atoms with E-state index in [1.807, 2.05) is 69.3 Å². The van der Waals surface area contributed by atoms with Crippen LogP contribution in [0.25, 0.3) is 11.0 Å². The molecule has 1 aliphatic rings. The Morgan fingerprint density at radius 1 is 1.17 bits per heavy atom. The highest BCUT2D eigenvalue weighted by Crippen LogP contribution is 2.27. The van der Waals surface area contributed by atoms with E-state index in [-0.39, 0.29) is 24.5 Å². The number of para-hydroxylation sites is 1. The average Bonchev–Trinajstić information content (AvgIpc) is 3.54. The second-order valence-corrected chi connectivity index (χ2v) is 10.1. The molecule has 1 fully saturated rings. The van der Waals surface area contributed by atoms with Crippen LogP contribution < -0.4 is 5.32 Å². The largest absolute Gasteiger partial charge is 0.376 e. The van der Waals surface area contributed by atoms with Crippen LogP contribution in [0.4, 0.5) is 0 Å². The van der Waals surface area contributed by atoms with Gasteiger partial charge in [-0.25, -0.2) is 4.68 Å². The Balaban J connectivity index is 1.71. The van der Waals surface area contributed by atoms with Crippen molar-refractivity contribution < 1.29 is 14.3 Å². The van der Waals surface area contributed by atoms with E-state index in [0.29, 0.717) is 13.2 Å². The van der Waals surface area contributed by atoms with Gasteiger partial charge in [0.25, 0.3) is 0 Å². The fraction of sp³-hybridized carbons (Fsp3) is 0.500. The number of amides is 2. The number of carbonyl (C=O) groups is 2. The smallest absolute Gasteiger partial charge is 0.247 e. The highest BCUT2D eigenvalue weighted by atomic mass is 16.5. The molecule has 192 valence electrons. The summed E-state index contributed by atoms with van der Waals surface area (Å²) in [5, 5.41) is 11.6. The number of aryl methyl sites for hydroxylation is 1. The van der Waals surface area contributed by atoms with E-state index in [2.05, 4.69) is 22.6 Å². The summed E-state index contributed by atoms with van der Waals surface area (Å²) in [6.07, 6.45) is 3.37. The number of aromatic nitrogens is 3. The third kappa shape index (κ3) is 5.93. The number of hydrogen-bond donors (Lipinski definition) is 1. The molecular weight excluding hydrogens is 454 g/mol. The molecule has 1 aliphatic heterocycles. The van der Waals surface area contributed by atoms with E-state index < -0.39 is 11.6 Å². The normalized spacial score (nSPS) is 16.7. The first-order valence-corrected chi connectivity index (χ1v) is 12.9. The summed E-state index contributed by atoms with van der Waals surface area (Å²) in [7, 11) is 0. The van der Waals surface area contributed by atoms with Crippen molar-refractivity contribution in [2.45, 2.75) is 77.6 Å². The van der Waals surface area contributed by atoms with Crippen molar-refractivity contribution in [3.63, 3.8) is 0 Å². The lowest BCUT2D eigenvalue weighted by molar-refractivity contribution is -0.144. The molecule has 0 aliphatic carbocycles. The van der Waals surface area contributed by atoms with Crippen molar-refractivity contribution in [2.24, 2.45) is 0 Å². The van der Waals surface area contributed by atoms with Gasteiger partial charge >= 0.3 is 0 Å². The van der Waals surface area contributed by atoms with Gasteiger partial charge in [0, 0.05) is 18.7 Å². The first kappa shape index (κ1) is 25.8. The number of rotatable bonds is 10. The maximum Gasteiger partial charge on any atom is 0.247 e. The summed E-state index contributed by atoms with van der Waals surface area (Å²) in [4.78, 5) is 29.4. The summed E-state index contributed by atoms with van der Waals surface area (Å²) in [5.74, 6) is -0.393. The average molecular weight is 492 g/mol. The molecule has 2 heterocycles. The van der Waals surface area contributed by atoms with E-state index in [9.17, 15) is 9.59 Å². The first-order chi connectivity index (χ1) is 17.3. The van der Waals surface area contributed by atoms with Gasteiger partial charge in [-0.2, -0.15) is 0 Å². The summed E-state index contributed by atoms with van der Waals surface area (Å²) in [6, 6.07) is 14.7. The second kappa shape index (κ2) is 11.2. The number of ether oxygens (including phenoxy) is 1. The van der Waals surface area contributed by atoms with Crippen LogP contribution in [0, 0.1) is 0 Å². The maximum absolute atomic E-state index is 13.9. The van der Waals surface area contributed by atoms with Gasteiger partial charge in [0.2, 0.25) is 11.8 Å². The van der Waals surface area contributed by atoms with Crippen molar-refractivity contribution in [2.75, 3.05) is 13.2 Å². The molecule has 1 saturated heterocycles. The van der Waals surface area contributed by atoms with Gasteiger partial charge in [0.1, 0.15) is 18.1 Å². The molecule has 0 saturated carbocycles. The molecule has 0 radical (unpaired) electrons. The van der Waals surface area contributed by atoms with Gasteiger partial charge in [-0.1, -0.05) is 55.5 Å². The molecule has 0 bridgehead atoms. The second-order valence-electron chi connectivity index (χ2n) is 10.1. The highest BCUT2D eigenvalue weighted by Gasteiger charge is 2.36. The van der Waals surface area contributed by atoms with Gasteiger partial charge in [0.15, 0.2) is 0 Å². The third-order valence-corrected chi connectivity index (χ3v) is 7.06. The zero-order chi connectivity index (χ0) is 25.7. The number of nitrogens with one attached hydrogen (secondary N) is 1. The zero-order valence-corrected chi connectivity index (χ0v) is 21.7. The summed E-state index contributed by atoms with van der Waals surface area (Å²) in [5.41, 5.74) is 3.07. The fourth-order valence-corrected chi connectivity index (χ4v) is 4.51. The molecule has 2 atom stereocenters. The number of fused-ring (bicyclic) bond motifs is 1. The lowest BCUT2D eigenvalue weighted by Gasteiger charge is -2.35. The topological polar surface area (TPSA) is 89.4 Å². The Labute approximate surface area is 213 Å². The minimum absolute atomic E-state index is 0.0127. The Morgan fingerprint density at radius 2 is 1.92 bits per heavy atom. The third-order valence-electron chi connectivity index (χ3n) is 7.06. The Morgan fingerprint density at radius 3 is 2.58 bits per heavy atom. The molecule has 2 aromatic carbocycles. The Hall–Kier alpha value is -3.26. The van der Waals surface area contributed by atoms with Crippen molar-refractivity contribution in [1.29, 1.82) is 0 Å². The molecule has 8 heteroatoms. The predicted octanol–water partition coefficient (Wildman–Crippen LogP) is 4.05. The van der Waals surface area contributed by atoms with Crippen LogP contribution in [0.15, 0.2) is 48.5 Å². The van der Waals surface area contributed by atoms with Crippen LogP contribution in [-0.4, -0.2) is 56.5 Å². The standard InChI is InChI=1S/C28H37N5O3/c1-5-20-13-15-21(16-14-20)26(27(35)29-28(3,4)6-2)32(18-22-10-9-17-36-22)25(34)19-33-24-12-8-7-11-23(24)30-31-33/h7-8,11-16,22,26H,5-6,9-10,17-19H2,1-4H3,(H,29,35)/t22-,26+/m0/s1. The van der Waals surface area contributed by atoms with E-state index >= 15 is 0 Å². The van der Waals surface area contributed by atoms with Crippen molar-refractivity contribution >= 4 is 22.8 Å². The van der Waals surface area contributed by atoms with Crippen LogP contribution in [0.2, 0.25) is 0 Å². The number of hydrogen-bond acceptors (Lipinski definition) is 5. The number of benzene rings is 2. The Kier molecular flexibility index (Phi) is 8.04. The van der Waals surface area contributed by atoms with Crippen LogP contribution in [-0.2, 0) is 27.3 Å². The molecule has 0 spiro atoms. The molecule has 2 amide bonds. The quantitative estimate of drug-likeness (QED) is 0.462. The van der Waals surface area contributed by atoms with Crippen LogP contribution in [0.3, 0.4) is 0 Å². The van der Waals surface area contributed by atoms with E-state index in [1.165, 1.54) is 5.56 Å². The minimum Gasteiger partial charge on any atom is -0.376 e. The summed E-state index contributed by atoms with van der Waals surface area (Å²) in [6.45, 7) is 9.12. The van der Waals surface area contributed by atoms with Gasteiger partial charge < -0.3 is 15.0 Å². The van der Waals surface area contributed by atoms with Gasteiger partial charge in [-0.3, -0.25) is 9.59 Å². The molecule has 1 aromatic heterocycles. The van der Waals surface area contributed by atoms with Crippen molar-refractivity contribution in [3.05, 3.63) is 59.7 Å². The van der Waals surface area contributed by atoms with E-state index in [0.717, 1.165) is 42.3 Å². The number of carbonyl (C=O) groups excluding carboxylic acids is 2. The first-order valence-electron chi connectivity index (χ1n) is 12.9. The SMILES string of the molecule is CCc1ccc([C@H](C(=O)NC(C)(C)CC)N(C[C@@H]2CCCO2)C(=O)Cn2nnc3ccccc32)cc1. The highest BCUT2D eigenvalue weighted by molar-refractivity contribution is 5.89. The van der Waals surface area contributed by atoms with Gasteiger partial charge in [-0.05, 0) is 62.8 Å². The number of nitrogens with zero attached hydrogens (tertiary/aromatic N) is 4. The summed E-state index contributed by atoms with van der Waals surface area (Å²) < 4.78 is 7.51. The minimum atomic E-state index is -0.784. The lowest BCUT2D eigenvalue weighted by atomic mass is 9.97. The van der Waals surface area contributed by atoms with E-state index in [1.54, 1.807) is 9.58 Å². The fourth-order valence-electron chi connectivity index (χ4n) is 4.51. The van der Waals surface area contributed by atoms with Crippen LogP contribution >= 0.6 is 0 Å². The maximum atomic E-state index is 13.9. The lowest BCUT2D eigenvalue weighted by Crippen LogP contribution is -2.52. The van der Waals surface area contributed by atoms with Gasteiger partial charge in [0.05, 0.1) is 11.6 Å². The Bertz CT molecular complexity index is 1180. The van der Waals surface area contributed by atoms with Crippen molar-refractivity contribution in [3.8, 4) is 0 Å².